The molecule has 3 N–H and O–H groups in total. The summed E-state index contributed by atoms with van der Waals surface area (Å²) in [5.74, 6) is 1.94. The van der Waals surface area contributed by atoms with Gasteiger partial charge in [-0.3, -0.25) is 9.11 Å². The minimum Gasteiger partial charge on any atom is -0.493 e. The maximum Gasteiger partial charge on any atom is 0.394 e. The Labute approximate surface area is 144 Å². The predicted octanol–water partition coefficient (Wildman–Crippen LogP) is 2.80. The fourth-order valence-corrected chi connectivity index (χ4v) is 1.97. The van der Waals surface area contributed by atoms with E-state index in [1.807, 2.05) is 18.2 Å². The molecule has 0 saturated carbocycles. The highest BCUT2D eigenvalue weighted by Gasteiger charge is 1.97. The van der Waals surface area contributed by atoms with Crippen LogP contribution in [0.4, 0.5) is 0 Å². The minimum atomic E-state index is -4.67. The van der Waals surface area contributed by atoms with Gasteiger partial charge in [-0.2, -0.15) is 21.0 Å². The van der Waals surface area contributed by atoms with Crippen molar-refractivity contribution < 1.29 is 22.3 Å². The topological polar surface area (TPSA) is 95.9 Å². The van der Waals surface area contributed by atoms with E-state index in [0.717, 1.165) is 37.6 Å². The van der Waals surface area contributed by atoms with Gasteiger partial charge < -0.3 is 10.1 Å². The summed E-state index contributed by atoms with van der Waals surface area (Å²) >= 11 is 4.16. The average molecular weight is 366 g/mol. The molecule has 0 aromatic heterocycles. The van der Waals surface area contributed by atoms with Crippen LogP contribution in [0.2, 0.25) is 0 Å². The first-order valence-corrected chi connectivity index (χ1v) is 9.57. The van der Waals surface area contributed by atoms with Gasteiger partial charge >= 0.3 is 10.4 Å². The molecule has 0 unspecified atom stereocenters. The summed E-state index contributed by atoms with van der Waals surface area (Å²) in [6.45, 7) is 5.04. The summed E-state index contributed by atoms with van der Waals surface area (Å²) in [5, 5.41) is 3.35. The lowest BCUT2D eigenvalue weighted by molar-refractivity contribution is 0.302. The van der Waals surface area contributed by atoms with Crippen molar-refractivity contribution in [2.24, 2.45) is 0 Å². The summed E-state index contributed by atoms with van der Waals surface area (Å²) < 4.78 is 37.3. The van der Waals surface area contributed by atoms with Gasteiger partial charge in [-0.15, -0.1) is 0 Å². The molecule has 1 aromatic rings. The maximum absolute atomic E-state index is 8.74. The molecule has 0 aliphatic rings. The zero-order chi connectivity index (χ0) is 17.6. The van der Waals surface area contributed by atoms with Crippen LogP contribution in [0.3, 0.4) is 0 Å². The lowest BCUT2D eigenvalue weighted by Gasteiger charge is -2.08. The SMILES string of the molecule is Cc1ccccc1OCCCCCCNCCS.O=S(=O)(O)O. The number of nitrogens with one attached hydrogen (secondary N) is 1. The lowest BCUT2D eigenvalue weighted by Crippen LogP contribution is -2.17. The summed E-state index contributed by atoms with van der Waals surface area (Å²) in [7, 11) is -4.67. The molecule has 0 heterocycles. The largest absolute Gasteiger partial charge is 0.493 e. The van der Waals surface area contributed by atoms with E-state index in [9.17, 15) is 0 Å². The van der Waals surface area contributed by atoms with Crippen LogP contribution in [0.5, 0.6) is 5.75 Å². The third-order valence-corrected chi connectivity index (χ3v) is 3.11. The van der Waals surface area contributed by atoms with Crippen LogP contribution < -0.4 is 10.1 Å². The number of unbranched alkanes of at least 4 members (excludes halogenated alkanes) is 3. The predicted molar refractivity (Wildman–Crippen MR) is 96.0 cm³/mol. The maximum atomic E-state index is 8.74. The van der Waals surface area contributed by atoms with Crippen molar-refractivity contribution in [2.45, 2.75) is 32.6 Å². The van der Waals surface area contributed by atoms with Gasteiger partial charge in [-0.25, -0.2) is 0 Å². The zero-order valence-corrected chi connectivity index (χ0v) is 15.2. The van der Waals surface area contributed by atoms with Gasteiger partial charge in [0.05, 0.1) is 6.61 Å². The Kier molecular flexibility index (Phi) is 13.1. The van der Waals surface area contributed by atoms with Crippen LogP contribution >= 0.6 is 12.6 Å². The van der Waals surface area contributed by atoms with Crippen LogP contribution in [0.25, 0.3) is 0 Å². The summed E-state index contributed by atoms with van der Waals surface area (Å²) in [6, 6.07) is 8.19. The first-order valence-electron chi connectivity index (χ1n) is 7.54. The number of para-hydroxylation sites is 1. The Bertz CT molecular complexity index is 500. The molecule has 8 heteroatoms. The van der Waals surface area contributed by atoms with E-state index < -0.39 is 10.4 Å². The second-order valence-electron chi connectivity index (χ2n) is 4.95. The standard InChI is InChI=1S/C15H25NOS.H2O4S/c1-14-8-4-5-9-15(14)17-12-7-3-2-6-10-16-11-13-18;1-5(2,3)4/h4-5,8-9,16,18H,2-3,6-7,10-13H2,1H3;(H2,1,2,3,4). The highest BCUT2D eigenvalue weighted by molar-refractivity contribution is 7.80. The molecular formula is C15H27NO5S2. The van der Waals surface area contributed by atoms with E-state index in [0.29, 0.717) is 0 Å². The summed E-state index contributed by atoms with van der Waals surface area (Å²) in [6.07, 6.45) is 4.91. The highest BCUT2D eigenvalue weighted by Crippen LogP contribution is 2.16. The van der Waals surface area contributed by atoms with Crippen molar-refractivity contribution >= 4 is 23.0 Å². The van der Waals surface area contributed by atoms with Crippen molar-refractivity contribution in [1.29, 1.82) is 0 Å². The smallest absolute Gasteiger partial charge is 0.394 e. The lowest BCUT2D eigenvalue weighted by atomic mass is 10.2. The summed E-state index contributed by atoms with van der Waals surface area (Å²) in [4.78, 5) is 0. The Morgan fingerprint density at radius 2 is 1.70 bits per heavy atom. The fraction of sp³-hybridized carbons (Fsp3) is 0.600. The van der Waals surface area contributed by atoms with Gasteiger partial charge in [0.15, 0.2) is 0 Å². The van der Waals surface area contributed by atoms with Crippen LogP contribution in [0.15, 0.2) is 24.3 Å². The average Bonchev–Trinajstić information content (AvgIpc) is 2.45. The van der Waals surface area contributed by atoms with E-state index in [1.165, 1.54) is 24.8 Å². The van der Waals surface area contributed by atoms with E-state index in [2.05, 4.69) is 30.9 Å². The number of rotatable bonds is 10. The number of hydrogen-bond acceptors (Lipinski definition) is 5. The highest BCUT2D eigenvalue weighted by atomic mass is 32.3. The molecule has 6 nitrogen and oxygen atoms in total. The Hall–Kier alpha value is -0.800. The molecule has 0 aliphatic carbocycles. The quantitative estimate of drug-likeness (QED) is 0.289. The van der Waals surface area contributed by atoms with Gasteiger partial charge in [0.2, 0.25) is 0 Å². The molecule has 1 rings (SSSR count). The zero-order valence-electron chi connectivity index (χ0n) is 13.4. The van der Waals surface area contributed by atoms with Crippen LogP contribution in [-0.4, -0.2) is 43.0 Å². The molecule has 1 aromatic carbocycles. The van der Waals surface area contributed by atoms with Crippen molar-refractivity contribution in [3.8, 4) is 5.75 Å². The first-order chi connectivity index (χ1) is 10.8. The second kappa shape index (κ2) is 13.6. The third-order valence-electron chi connectivity index (χ3n) is 2.89. The van der Waals surface area contributed by atoms with Gasteiger partial charge in [0.25, 0.3) is 0 Å². The van der Waals surface area contributed by atoms with Crippen molar-refractivity contribution in [1.82, 2.24) is 5.32 Å². The summed E-state index contributed by atoms with van der Waals surface area (Å²) in [5.41, 5.74) is 1.22. The van der Waals surface area contributed by atoms with Gasteiger partial charge in [-0.05, 0) is 37.9 Å². The fourth-order valence-electron chi connectivity index (χ4n) is 1.81. The molecule has 0 fully saturated rings. The van der Waals surface area contributed by atoms with Gasteiger partial charge in [0.1, 0.15) is 5.75 Å². The third kappa shape index (κ3) is 17.4. The van der Waals surface area contributed by atoms with E-state index in [4.69, 9.17) is 22.3 Å². The van der Waals surface area contributed by atoms with Gasteiger partial charge in [0, 0.05) is 12.3 Å². The van der Waals surface area contributed by atoms with Crippen molar-refractivity contribution in [2.75, 3.05) is 25.4 Å². The normalized spacial score (nSPS) is 10.8. The first kappa shape index (κ1) is 22.2. The molecule has 0 bridgehead atoms. The Morgan fingerprint density at radius 3 is 2.30 bits per heavy atom. The number of benzene rings is 1. The molecule has 0 atom stereocenters. The molecule has 134 valence electrons. The molecule has 0 spiro atoms. The molecule has 23 heavy (non-hydrogen) atoms. The van der Waals surface area contributed by atoms with E-state index >= 15 is 0 Å². The minimum absolute atomic E-state index is 0.828. The molecule has 0 amide bonds. The Balaban J connectivity index is 0.000000841. The van der Waals surface area contributed by atoms with E-state index in [-0.39, 0.29) is 0 Å². The number of ether oxygens (including phenoxy) is 1. The van der Waals surface area contributed by atoms with Gasteiger partial charge in [-0.1, -0.05) is 31.0 Å². The monoisotopic (exact) mass is 365 g/mol. The van der Waals surface area contributed by atoms with E-state index in [1.54, 1.807) is 0 Å². The van der Waals surface area contributed by atoms with Crippen molar-refractivity contribution in [3.63, 3.8) is 0 Å². The number of hydrogen-bond donors (Lipinski definition) is 4. The Morgan fingerprint density at radius 1 is 1.09 bits per heavy atom. The number of thiol groups is 1. The second-order valence-corrected chi connectivity index (χ2v) is 6.29. The van der Waals surface area contributed by atoms with Crippen LogP contribution in [0.1, 0.15) is 31.2 Å². The van der Waals surface area contributed by atoms with Crippen LogP contribution in [0, 0.1) is 6.92 Å². The number of aryl methyl sites for hydroxylation is 1. The molecule has 0 radical (unpaired) electrons. The molecule has 0 aliphatic heterocycles. The molecule has 0 saturated heterocycles. The molecular weight excluding hydrogens is 338 g/mol. The van der Waals surface area contributed by atoms with Crippen molar-refractivity contribution in [3.05, 3.63) is 29.8 Å². The van der Waals surface area contributed by atoms with Crippen LogP contribution in [-0.2, 0) is 10.4 Å².